The lowest BCUT2D eigenvalue weighted by molar-refractivity contribution is -0.115. The molecule has 0 radical (unpaired) electrons. The largest absolute Gasteiger partial charge is 0.497 e. The summed E-state index contributed by atoms with van der Waals surface area (Å²) in [5, 5.41) is 0.675. The lowest BCUT2D eigenvalue weighted by Crippen LogP contribution is -2.29. The lowest BCUT2D eigenvalue weighted by Gasteiger charge is -2.33. The molecule has 0 amide bonds. The Morgan fingerprint density at radius 2 is 1.86 bits per heavy atom. The molecule has 4 heteroatoms. The summed E-state index contributed by atoms with van der Waals surface area (Å²) in [6.45, 7) is 0. The number of ketones is 1. The zero-order valence-corrected chi connectivity index (χ0v) is 13.0. The number of methoxy groups -OCH3 is 1. The van der Waals surface area contributed by atoms with Gasteiger partial charge in [0.2, 0.25) is 0 Å². The number of allylic oxidation sites excluding steroid dienone is 1. The normalized spacial score (nSPS) is 17.6. The maximum absolute atomic E-state index is 11.9. The summed E-state index contributed by atoms with van der Waals surface area (Å²) in [5.41, 5.74) is 1.95. The molecule has 1 atom stereocenters. The van der Waals surface area contributed by atoms with Gasteiger partial charge in [0.05, 0.1) is 13.2 Å². The quantitative estimate of drug-likeness (QED) is 0.842. The first kappa shape index (κ1) is 14.7. The summed E-state index contributed by atoms with van der Waals surface area (Å²) in [5.74, 6) is 0.907. The smallest absolute Gasteiger partial charge is 0.159 e. The topological polar surface area (TPSA) is 29.5 Å². The van der Waals surface area contributed by atoms with E-state index in [1.54, 1.807) is 13.2 Å². The molecule has 112 valence electrons. The molecular formula is C18H16ClNO2. The van der Waals surface area contributed by atoms with Crippen LogP contribution in [0.2, 0.25) is 5.02 Å². The highest BCUT2D eigenvalue weighted by atomic mass is 35.5. The zero-order chi connectivity index (χ0) is 15.5. The van der Waals surface area contributed by atoms with Gasteiger partial charge in [-0.05, 0) is 42.0 Å². The van der Waals surface area contributed by atoms with E-state index in [1.807, 2.05) is 54.7 Å². The molecule has 3 nitrogen and oxygen atoms in total. The molecule has 0 N–H and O–H groups in total. The number of anilines is 1. The van der Waals surface area contributed by atoms with Crippen LogP contribution in [0.5, 0.6) is 5.75 Å². The number of carbonyl (C=O) groups excluding carboxylic acids is 1. The minimum atomic E-state index is -0.0976. The van der Waals surface area contributed by atoms with Crippen LogP contribution in [0.4, 0.5) is 5.69 Å². The number of carbonyl (C=O) groups is 1. The molecule has 2 aromatic carbocycles. The summed E-state index contributed by atoms with van der Waals surface area (Å²) < 4.78 is 5.19. The van der Waals surface area contributed by atoms with E-state index in [4.69, 9.17) is 16.3 Å². The van der Waals surface area contributed by atoms with Crippen LogP contribution in [0.15, 0.2) is 60.8 Å². The Labute approximate surface area is 134 Å². The number of rotatable bonds is 3. The van der Waals surface area contributed by atoms with E-state index in [0.717, 1.165) is 17.0 Å². The van der Waals surface area contributed by atoms with E-state index < -0.39 is 0 Å². The van der Waals surface area contributed by atoms with Crippen LogP contribution < -0.4 is 9.64 Å². The Kier molecular flexibility index (Phi) is 4.16. The van der Waals surface area contributed by atoms with Crippen LogP contribution in [-0.2, 0) is 4.79 Å². The van der Waals surface area contributed by atoms with Crippen molar-refractivity contribution in [3.63, 3.8) is 0 Å². The molecule has 0 bridgehead atoms. The number of hydrogen-bond donors (Lipinski definition) is 0. The first-order valence-electron chi connectivity index (χ1n) is 7.07. The van der Waals surface area contributed by atoms with E-state index in [1.165, 1.54) is 0 Å². The number of nitrogens with zero attached hydrogens (tertiary/aromatic N) is 1. The molecule has 0 aliphatic carbocycles. The van der Waals surface area contributed by atoms with Gasteiger partial charge < -0.3 is 9.64 Å². The fraction of sp³-hybridized carbons (Fsp3) is 0.167. The lowest BCUT2D eigenvalue weighted by atomic mass is 9.96. The molecule has 0 spiro atoms. The SMILES string of the molecule is COc1ccc(N2C=CC(=O)C[C@@H]2c2ccccc2Cl)cc1. The van der Waals surface area contributed by atoms with Gasteiger partial charge in [0.25, 0.3) is 0 Å². The molecular weight excluding hydrogens is 298 g/mol. The third-order valence-corrected chi connectivity index (χ3v) is 4.13. The highest BCUT2D eigenvalue weighted by molar-refractivity contribution is 6.31. The summed E-state index contributed by atoms with van der Waals surface area (Å²) >= 11 is 6.32. The predicted octanol–water partition coefficient (Wildman–Crippen LogP) is 4.38. The minimum Gasteiger partial charge on any atom is -0.497 e. The van der Waals surface area contributed by atoms with Gasteiger partial charge >= 0.3 is 0 Å². The Bertz CT molecular complexity index is 709. The van der Waals surface area contributed by atoms with Gasteiger partial charge in [-0.3, -0.25) is 4.79 Å². The third kappa shape index (κ3) is 2.85. The Hall–Kier alpha value is -2.26. The van der Waals surface area contributed by atoms with E-state index >= 15 is 0 Å². The van der Waals surface area contributed by atoms with Crippen molar-refractivity contribution >= 4 is 23.1 Å². The van der Waals surface area contributed by atoms with Gasteiger partial charge in [0.15, 0.2) is 5.78 Å². The number of hydrogen-bond acceptors (Lipinski definition) is 3. The van der Waals surface area contributed by atoms with Crippen LogP contribution in [0.3, 0.4) is 0 Å². The second-order valence-electron chi connectivity index (χ2n) is 5.13. The van der Waals surface area contributed by atoms with Crippen molar-refractivity contribution in [3.8, 4) is 5.75 Å². The van der Waals surface area contributed by atoms with E-state index in [-0.39, 0.29) is 11.8 Å². The third-order valence-electron chi connectivity index (χ3n) is 3.79. The van der Waals surface area contributed by atoms with Crippen molar-refractivity contribution in [2.45, 2.75) is 12.5 Å². The molecule has 2 aromatic rings. The number of benzene rings is 2. The highest BCUT2D eigenvalue weighted by Crippen LogP contribution is 2.36. The van der Waals surface area contributed by atoms with Crippen molar-refractivity contribution in [3.05, 3.63) is 71.4 Å². The zero-order valence-electron chi connectivity index (χ0n) is 12.2. The monoisotopic (exact) mass is 313 g/mol. The maximum atomic E-state index is 11.9. The first-order chi connectivity index (χ1) is 10.7. The minimum absolute atomic E-state index is 0.0976. The van der Waals surface area contributed by atoms with Crippen LogP contribution in [-0.4, -0.2) is 12.9 Å². The average molecular weight is 314 g/mol. The van der Waals surface area contributed by atoms with Crippen molar-refractivity contribution in [1.29, 1.82) is 0 Å². The summed E-state index contributed by atoms with van der Waals surface area (Å²) in [6, 6.07) is 15.3. The molecule has 22 heavy (non-hydrogen) atoms. The van der Waals surface area contributed by atoms with Gasteiger partial charge in [0, 0.05) is 23.3 Å². The molecule has 0 saturated carbocycles. The van der Waals surface area contributed by atoms with Gasteiger partial charge in [-0.1, -0.05) is 29.8 Å². The molecule has 1 aliphatic heterocycles. The number of ether oxygens (including phenoxy) is 1. The van der Waals surface area contributed by atoms with Crippen molar-refractivity contribution in [1.82, 2.24) is 0 Å². The molecule has 0 saturated heterocycles. The second-order valence-corrected chi connectivity index (χ2v) is 5.54. The molecule has 0 aromatic heterocycles. The first-order valence-corrected chi connectivity index (χ1v) is 7.44. The fourth-order valence-corrected chi connectivity index (χ4v) is 2.91. The molecule has 1 heterocycles. The predicted molar refractivity (Wildman–Crippen MR) is 88.4 cm³/mol. The van der Waals surface area contributed by atoms with Crippen molar-refractivity contribution in [2.75, 3.05) is 12.0 Å². The summed E-state index contributed by atoms with van der Waals surface area (Å²) in [7, 11) is 1.64. The number of halogens is 1. The van der Waals surface area contributed by atoms with Gasteiger partial charge in [-0.25, -0.2) is 0 Å². The molecule has 0 fully saturated rings. The van der Waals surface area contributed by atoms with Crippen LogP contribution in [0.1, 0.15) is 18.0 Å². The van der Waals surface area contributed by atoms with Gasteiger partial charge in [0.1, 0.15) is 5.75 Å². The Morgan fingerprint density at radius 3 is 2.55 bits per heavy atom. The van der Waals surface area contributed by atoms with Crippen molar-refractivity contribution in [2.24, 2.45) is 0 Å². The fourth-order valence-electron chi connectivity index (χ4n) is 2.65. The average Bonchev–Trinajstić information content (AvgIpc) is 2.55. The molecule has 3 rings (SSSR count). The molecule has 0 unspecified atom stereocenters. The van der Waals surface area contributed by atoms with Crippen LogP contribution in [0.25, 0.3) is 0 Å². The van der Waals surface area contributed by atoms with Gasteiger partial charge in [-0.2, -0.15) is 0 Å². The Balaban J connectivity index is 2.00. The highest BCUT2D eigenvalue weighted by Gasteiger charge is 2.26. The van der Waals surface area contributed by atoms with E-state index in [2.05, 4.69) is 4.90 Å². The summed E-state index contributed by atoms with van der Waals surface area (Å²) in [4.78, 5) is 13.9. The standard InChI is InChI=1S/C18H16ClNO2/c1-22-15-8-6-13(7-9-15)20-11-10-14(21)12-18(20)16-4-2-3-5-17(16)19/h2-11,18H,12H2,1H3/t18-/m1/s1. The van der Waals surface area contributed by atoms with Gasteiger partial charge in [-0.15, -0.1) is 0 Å². The Morgan fingerprint density at radius 1 is 1.14 bits per heavy atom. The van der Waals surface area contributed by atoms with Crippen LogP contribution >= 0.6 is 11.6 Å². The van der Waals surface area contributed by atoms with Crippen LogP contribution in [0, 0.1) is 0 Å². The summed E-state index contributed by atoms with van der Waals surface area (Å²) in [6.07, 6.45) is 3.84. The second kappa shape index (κ2) is 6.24. The molecule has 1 aliphatic rings. The van der Waals surface area contributed by atoms with E-state index in [9.17, 15) is 4.79 Å². The van der Waals surface area contributed by atoms with E-state index in [0.29, 0.717) is 11.4 Å². The maximum Gasteiger partial charge on any atom is 0.159 e. The van der Waals surface area contributed by atoms with Crippen molar-refractivity contribution < 1.29 is 9.53 Å².